The van der Waals surface area contributed by atoms with Gasteiger partial charge in [0.2, 0.25) is 0 Å². The monoisotopic (exact) mass is 269 g/mol. The van der Waals surface area contributed by atoms with E-state index in [1.807, 2.05) is 0 Å². The molecular weight excluding hydrogens is 254 g/mol. The van der Waals surface area contributed by atoms with E-state index in [9.17, 15) is 4.79 Å². The summed E-state index contributed by atoms with van der Waals surface area (Å²) >= 11 is 5.60. The Hall–Kier alpha value is -1.43. The lowest BCUT2D eigenvalue weighted by molar-refractivity contribution is 0.500. The Balaban J connectivity index is 2.05. The first kappa shape index (κ1) is 13.0. The molecule has 7 heteroatoms. The number of halogens is 1. The second-order valence-corrected chi connectivity index (χ2v) is 4.60. The number of fused-ring (bicyclic) bond motifs is 1. The predicted octanol–water partition coefficient (Wildman–Crippen LogP) is 1.32. The smallest absolute Gasteiger partial charge is 0.267 e. The summed E-state index contributed by atoms with van der Waals surface area (Å²) in [5.41, 5.74) is 0.406. The van der Waals surface area contributed by atoms with Crippen molar-refractivity contribution in [2.75, 3.05) is 5.88 Å². The van der Waals surface area contributed by atoms with Gasteiger partial charge in [-0.05, 0) is 12.8 Å². The van der Waals surface area contributed by atoms with E-state index in [-0.39, 0.29) is 5.56 Å². The molecule has 0 aliphatic heterocycles. The van der Waals surface area contributed by atoms with Gasteiger partial charge < -0.3 is 0 Å². The fraction of sp³-hybridized carbons (Fsp3) is 0.636. The molecule has 0 atom stereocenters. The van der Waals surface area contributed by atoms with Crippen molar-refractivity contribution in [1.29, 1.82) is 0 Å². The van der Waals surface area contributed by atoms with E-state index in [4.69, 9.17) is 11.6 Å². The maximum atomic E-state index is 12.0. The number of nitrogens with zero attached hydrogens (tertiary/aromatic N) is 5. The molecule has 0 fully saturated rings. The highest BCUT2D eigenvalue weighted by molar-refractivity contribution is 6.17. The highest BCUT2D eigenvalue weighted by Crippen LogP contribution is 2.04. The van der Waals surface area contributed by atoms with Crippen LogP contribution in [-0.2, 0) is 13.6 Å². The van der Waals surface area contributed by atoms with Gasteiger partial charge >= 0.3 is 0 Å². The standard InChI is InChI=1S/C11H16ClN5O/c1-16-10-9(8-13-16)11(18)17(15-14-10)7-5-3-2-4-6-12/h8H,2-7H2,1H3. The van der Waals surface area contributed by atoms with Crippen LogP contribution in [0.2, 0.25) is 0 Å². The van der Waals surface area contributed by atoms with E-state index in [2.05, 4.69) is 15.4 Å². The molecule has 0 saturated heterocycles. The van der Waals surface area contributed by atoms with Crippen molar-refractivity contribution in [2.45, 2.75) is 32.2 Å². The van der Waals surface area contributed by atoms with E-state index in [1.165, 1.54) is 10.9 Å². The van der Waals surface area contributed by atoms with Crippen molar-refractivity contribution in [1.82, 2.24) is 24.8 Å². The first-order valence-electron chi connectivity index (χ1n) is 6.05. The Morgan fingerprint density at radius 2 is 2.06 bits per heavy atom. The quantitative estimate of drug-likeness (QED) is 0.586. The third-order valence-corrected chi connectivity index (χ3v) is 3.14. The number of hydrogen-bond acceptors (Lipinski definition) is 4. The molecule has 0 aliphatic rings. The van der Waals surface area contributed by atoms with Crippen molar-refractivity contribution in [3.63, 3.8) is 0 Å². The highest BCUT2D eigenvalue weighted by atomic mass is 35.5. The second-order valence-electron chi connectivity index (χ2n) is 4.23. The van der Waals surface area contributed by atoms with Crippen molar-refractivity contribution in [3.8, 4) is 0 Å². The molecule has 0 aromatic carbocycles. The number of hydrogen-bond donors (Lipinski definition) is 0. The molecule has 0 aliphatic carbocycles. The van der Waals surface area contributed by atoms with Gasteiger partial charge in [-0.15, -0.1) is 16.7 Å². The molecule has 0 unspecified atom stereocenters. The fourth-order valence-electron chi connectivity index (χ4n) is 1.83. The maximum absolute atomic E-state index is 12.0. The third-order valence-electron chi connectivity index (χ3n) is 2.87. The van der Waals surface area contributed by atoms with E-state index in [0.717, 1.165) is 25.7 Å². The van der Waals surface area contributed by atoms with Gasteiger partial charge in [-0.25, -0.2) is 9.36 Å². The van der Waals surface area contributed by atoms with Crippen molar-refractivity contribution >= 4 is 22.6 Å². The summed E-state index contributed by atoms with van der Waals surface area (Å²) in [5.74, 6) is 0.696. The molecule has 0 N–H and O–H groups in total. The molecule has 6 nitrogen and oxygen atoms in total. The molecule has 98 valence electrons. The van der Waals surface area contributed by atoms with Gasteiger partial charge in [0.1, 0.15) is 5.39 Å². The molecule has 0 bridgehead atoms. The minimum Gasteiger partial charge on any atom is -0.267 e. The summed E-state index contributed by atoms with van der Waals surface area (Å²) in [5, 5.41) is 12.5. The van der Waals surface area contributed by atoms with E-state index in [0.29, 0.717) is 23.5 Å². The zero-order chi connectivity index (χ0) is 13.0. The zero-order valence-corrected chi connectivity index (χ0v) is 11.1. The first-order chi connectivity index (χ1) is 8.74. The molecule has 0 amide bonds. The van der Waals surface area contributed by atoms with Crippen LogP contribution in [0.4, 0.5) is 0 Å². The first-order valence-corrected chi connectivity index (χ1v) is 6.59. The number of unbranched alkanes of at least 4 members (excludes halogenated alkanes) is 3. The predicted molar refractivity (Wildman–Crippen MR) is 69.8 cm³/mol. The molecule has 2 rings (SSSR count). The molecule has 2 heterocycles. The van der Waals surface area contributed by atoms with Crippen LogP contribution < -0.4 is 5.56 Å². The zero-order valence-electron chi connectivity index (χ0n) is 10.3. The average molecular weight is 270 g/mol. The van der Waals surface area contributed by atoms with Crippen LogP contribution in [0.25, 0.3) is 11.0 Å². The van der Waals surface area contributed by atoms with Crippen LogP contribution >= 0.6 is 11.6 Å². The number of aryl methyl sites for hydroxylation is 2. The van der Waals surface area contributed by atoms with Gasteiger partial charge in [-0.2, -0.15) is 5.10 Å². The topological polar surface area (TPSA) is 65.6 Å². The van der Waals surface area contributed by atoms with Crippen molar-refractivity contribution < 1.29 is 0 Å². The van der Waals surface area contributed by atoms with E-state index in [1.54, 1.807) is 11.7 Å². The molecule has 0 spiro atoms. The van der Waals surface area contributed by atoms with Gasteiger partial charge in [0, 0.05) is 19.5 Å². The van der Waals surface area contributed by atoms with Crippen molar-refractivity contribution in [3.05, 3.63) is 16.6 Å². The molecule has 18 heavy (non-hydrogen) atoms. The summed E-state index contributed by atoms with van der Waals surface area (Å²) in [6.45, 7) is 0.596. The minimum absolute atomic E-state index is 0.120. The Kier molecular flexibility index (Phi) is 4.30. The summed E-state index contributed by atoms with van der Waals surface area (Å²) in [7, 11) is 1.74. The highest BCUT2D eigenvalue weighted by Gasteiger charge is 2.08. The van der Waals surface area contributed by atoms with Crippen LogP contribution in [0.5, 0.6) is 0 Å². The minimum atomic E-state index is -0.120. The normalized spacial score (nSPS) is 11.2. The molecule has 0 saturated carbocycles. The van der Waals surface area contributed by atoms with Crippen LogP contribution in [0.3, 0.4) is 0 Å². The van der Waals surface area contributed by atoms with Gasteiger partial charge in [0.05, 0.1) is 6.20 Å². The number of alkyl halides is 1. The lowest BCUT2D eigenvalue weighted by Gasteiger charge is -2.03. The van der Waals surface area contributed by atoms with Gasteiger partial charge in [0.15, 0.2) is 5.65 Å². The lowest BCUT2D eigenvalue weighted by Crippen LogP contribution is -2.24. The van der Waals surface area contributed by atoms with Gasteiger partial charge in [-0.1, -0.05) is 18.1 Å². The molecule has 2 aromatic heterocycles. The van der Waals surface area contributed by atoms with Crippen molar-refractivity contribution in [2.24, 2.45) is 7.05 Å². The number of rotatable bonds is 6. The summed E-state index contributed by atoms with van der Waals surface area (Å²) < 4.78 is 2.96. The Morgan fingerprint density at radius 1 is 1.28 bits per heavy atom. The summed E-state index contributed by atoms with van der Waals surface area (Å²) in [4.78, 5) is 12.0. The van der Waals surface area contributed by atoms with Gasteiger partial charge in [-0.3, -0.25) is 4.79 Å². The van der Waals surface area contributed by atoms with Crippen LogP contribution in [0.1, 0.15) is 25.7 Å². The fourth-order valence-corrected chi connectivity index (χ4v) is 2.02. The maximum Gasteiger partial charge on any atom is 0.280 e. The largest absolute Gasteiger partial charge is 0.280 e. The Bertz CT molecular complexity index is 576. The molecule has 2 aromatic rings. The SMILES string of the molecule is Cn1ncc2c(=O)n(CCCCCCCl)nnc21. The second kappa shape index (κ2) is 5.95. The number of aromatic nitrogens is 5. The van der Waals surface area contributed by atoms with Crippen LogP contribution in [0.15, 0.2) is 11.0 Å². The van der Waals surface area contributed by atoms with Crippen LogP contribution in [-0.4, -0.2) is 30.7 Å². The van der Waals surface area contributed by atoms with Gasteiger partial charge in [0.25, 0.3) is 5.56 Å². The molecule has 0 radical (unpaired) electrons. The van der Waals surface area contributed by atoms with Crippen LogP contribution in [0, 0.1) is 0 Å². The van der Waals surface area contributed by atoms with E-state index >= 15 is 0 Å². The average Bonchev–Trinajstić information content (AvgIpc) is 2.74. The molecular formula is C11H16ClN5O. The summed E-state index contributed by atoms with van der Waals surface area (Å²) in [6, 6.07) is 0. The third kappa shape index (κ3) is 2.69. The Labute approximate surface area is 110 Å². The van der Waals surface area contributed by atoms with E-state index < -0.39 is 0 Å². The lowest BCUT2D eigenvalue weighted by atomic mass is 10.2. The summed E-state index contributed by atoms with van der Waals surface area (Å²) in [6.07, 6.45) is 5.60. The Morgan fingerprint density at radius 3 is 2.83 bits per heavy atom.